The second-order valence-corrected chi connectivity index (χ2v) is 1.61. The maximum atomic E-state index is 5.13. The standard InChI is InChI=1S/C6H14O.2C2H4/c1-3-5-7-6-4-2;2*1-2/h3-6H2,1-2H3;2*1-2H2. The fourth-order valence-electron chi connectivity index (χ4n) is 0.391. The lowest BCUT2D eigenvalue weighted by Gasteiger charge is -1.95. The van der Waals surface area contributed by atoms with E-state index in [9.17, 15) is 0 Å². The van der Waals surface area contributed by atoms with Crippen molar-refractivity contribution in [2.75, 3.05) is 13.2 Å². The third kappa shape index (κ3) is 44.2. The van der Waals surface area contributed by atoms with Crippen molar-refractivity contribution < 1.29 is 4.74 Å². The molecule has 0 aliphatic rings. The molecule has 0 amide bonds. The third-order valence-corrected chi connectivity index (χ3v) is 0.697. The molecule has 0 saturated heterocycles. The molecule has 11 heavy (non-hydrogen) atoms. The Hall–Kier alpha value is -0.560. The van der Waals surface area contributed by atoms with E-state index >= 15 is 0 Å². The van der Waals surface area contributed by atoms with E-state index in [-0.39, 0.29) is 0 Å². The zero-order valence-electron chi connectivity index (χ0n) is 8.07. The van der Waals surface area contributed by atoms with Crippen LogP contribution < -0.4 is 0 Å². The van der Waals surface area contributed by atoms with Gasteiger partial charge in [-0.25, -0.2) is 0 Å². The van der Waals surface area contributed by atoms with Gasteiger partial charge >= 0.3 is 0 Å². The van der Waals surface area contributed by atoms with Crippen molar-refractivity contribution in [3.63, 3.8) is 0 Å². The minimum Gasteiger partial charge on any atom is -0.381 e. The highest BCUT2D eigenvalue weighted by atomic mass is 16.5. The van der Waals surface area contributed by atoms with Gasteiger partial charge in [-0.15, -0.1) is 26.3 Å². The first-order valence-corrected chi connectivity index (χ1v) is 3.99. The molecule has 0 radical (unpaired) electrons. The SMILES string of the molecule is C=C.C=C.CCCOCCC. The van der Waals surface area contributed by atoms with Crippen LogP contribution >= 0.6 is 0 Å². The molecule has 0 aromatic carbocycles. The predicted molar refractivity (Wildman–Crippen MR) is 53.9 cm³/mol. The molecule has 0 aromatic rings. The van der Waals surface area contributed by atoms with Crippen molar-refractivity contribution in [1.29, 1.82) is 0 Å². The molecule has 0 spiro atoms. The van der Waals surface area contributed by atoms with Crippen molar-refractivity contribution >= 4 is 0 Å². The highest BCUT2D eigenvalue weighted by molar-refractivity contribution is 4.25. The van der Waals surface area contributed by atoms with Gasteiger partial charge in [0.15, 0.2) is 0 Å². The van der Waals surface area contributed by atoms with Gasteiger partial charge in [-0.2, -0.15) is 0 Å². The summed E-state index contributed by atoms with van der Waals surface area (Å²) >= 11 is 0. The maximum Gasteiger partial charge on any atom is 0.0463 e. The van der Waals surface area contributed by atoms with Crippen LogP contribution in [0.25, 0.3) is 0 Å². The Bertz CT molecular complexity index is 38.1. The molecule has 1 heteroatoms. The molecule has 1 nitrogen and oxygen atoms in total. The van der Waals surface area contributed by atoms with Crippen LogP contribution in [-0.4, -0.2) is 13.2 Å². The maximum absolute atomic E-state index is 5.13. The lowest BCUT2D eigenvalue weighted by Crippen LogP contribution is -1.92. The summed E-state index contributed by atoms with van der Waals surface area (Å²) in [5.74, 6) is 0. The Balaban J connectivity index is -0.000000138. The van der Waals surface area contributed by atoms with Gasteiger partial charge in [-0.3, -0.25) is 0 Å². The van der Waals surface area contributed by atoms with Crippen molar-refractivity contribution in [2.45, 2.75) is 26.7 Å². The normalized spacial score (nSPS) is 6.73. The summed E-state index contributed by atoms with van der Waals surface area (Å²) < 4.78 is 5.13. The average molecular weight is 158 g/mol. The molecule has 0 saturated carbocycles. The van der Waals surface area contributed by atoms with Gasteiger partial charge in [-0.1, -0.05) is 13.8 Å². The van der Waals surface area contributed by atoms with E-state index < -0.39 is 0 Å². The molecule has 0 aliphatic heterocycles. The molecular formula is C10H22O. The molecule has 0 bridgehead atoms. The predicted octanol–water partition coefficient (Wildman–Crippen LogP) is 3.43. The minimum atomic E-state index is 0.924. The second-order valence-electron chi connectivity index (χ2n) is 1.61. The number of hydrogen-bond acceptors (Lipinski definition) is 1. The van der Waals surface area contributed by atoms with Gasteiger partial charge in [0.2, 0.25) is 0 Å². The summed E-state index contributed by atoms with van der Waals surface area (Å²) in [5.41, 5.74) is 0. The Morgan fingerprint density at radius 2 is 1.09 bits per heavy atom. The highest BCUT2D eigenvalue weighted by Crippen LogP contribution is 1.81. The molecular weight excluding hydrogens is 136 g/mol. The van der Waals surface area contributed by atoms with Gasteiger partial charge in [0.1, 0.15) is 0 Å². The van der Waals surface area contributed by atoms with Crippen LogP contribution in [0, 0.1) is 0 Å². The first-order valence-electron chi connectivity index (χ1n) is 3.99. The van der Waals surface area contributed by atoms with Crippen LogP contribution in [0.4, 0.5) is 0 Å². The van der Waals surface area contributed by atoms with E-state index in [4.69, 9.17) is 4.74 Å². The van der Waals surface area contributed by atoms with Gasteiger partial charge < -0.3 is 4.74 Å². The van der Waals surface area contributed by atoms with E-state index in [1.807, 2.05) is 0 Å². The first kappa shape index (κ1) is 16.8. The Morgan fingerprint density at radius 1 is 0.818 bits per heavy atom. The fourth-order valence-corrected chi connectivity index (χ4v) is 0.391. The largest absolute Gasteiger partial charge is 0.381 e. The van der Waals surface area contributed by atoms with Crippen molar-refractivity contribution in [1.82, 2.24) is 0 Å². The Kier molecular flexibility index (Phi) is 52.1. The van der Waals surface area contributed by atoms with Gasteiger partial charge in [-0.05, 0) is 12.8 Å². The highest BCUT2D eigenvalue weighted by Gasteiger charge is 1.77. The van der Waals surface area contributed by atoms with E-state index in [1.165, 1.54) is 0 Å². The monoisotopic (exact) mass is 158 g/mol. The summed E-state index contributed by atoms with van der Waals surface area (Å²) in [6, 6.07) is 0. The summed E-state index contributed by atoms with van der Waals surface area (Å²) in [6.45, 7) is 18.1. The van der Waals surface area contributed by atoms with Crippen molar-refractivity contribution in [3.8, 4) is 0 Å². The van der Waals surface area contributed by atoms with Gasteiger partial charge in [0.05, 0.1) is 0 Å². The summed E-state index contributed by atoms with van der Waals surface area (Å²) in [5, 5.41) is 0. The summed E-state index contributed by atoms with van der Waals surface area (Å²) in [7, 11) is 0. The zero-order valence-corrected chi connectivity index (χ0v) is 8.07. The topological polar surface area (TPSA) is 9.23 Å². The van der Waals surface area contributed by atoms with E-state index in [0.717, 1.165) is 26.1 Å². The van der Waals surface area contributed by atoms with Crippen molar-refractivity contribution in [3.05, 3.63) is 26.3 Å². The molecule has 0 aliphatic carbocycles. The van der Waals surface area contributed by atoms with Crippen LogP contribution in [0.3, 0.4) is 0 Å². The number of rotatable bonds is 4. The molecule has 0 heterocycles. The Labute approximate surface area is 71.8 Å². The molecule has 0 aromatic heterocycles. The number of hydrogen-bond donors (Lipinski definition) is 0. The van der Waals surface area contributed by atoms with Gasteiger partial charge in [0, 0.05) is 13.2 Å². The van der Waals surface area contributed by atoms with Crippen LogP contribution in [0.2, 0.25) is 0 Å². The van der Waals surface area contributed by atoms with Crippen LogP contribution in [0.1, 0.15) is 26.7 Å². The second kappa shape index (κ2) is 34.1. The van der Waals surface area contributed by atoms with Crippen LogP contribution in [0.15, 0.2) is 26.3 Å². The van der Waals surface area contributed by atoms with Crippen molar-refractivity contribution in [2.24, 2.45) is 0 Å². The van der Waals surface area contributed by atoms with Crippen LogP contribution in [-0.2, 0) is 4.74 Å². The van der Waals surface area contributed by atoms with E-state index in [0.29, 0.717) is 0 Å². The van der Waals surface area contributed by atoms with E-state index in [1.54, 1.807) is 0 Å². The Morgan fingerprint density at radius 3 is 1.27 bits per heavy atom. The van der Waals surface area contributed by atoms with E-state index in [2.05, 4.69) is 40.2 Å². The average Bonchev–Trinajstić information content (AvgIpc) is 2.13. The lowest BCUT2D eigenvalue weighted by molar-refractivity contribution is 0.135. The molecule has 0 rings (SSSR count). The minimum absolute atomic E-state index is 0.924. The smallest absolute Gasteiger partial charge is 0.0463 e. The molecule has 0 unspecified atom stereocenters. The lowest BCUT2D eigenvalue weighted by atomic mass is 10.5. The molecule has 0 N–H and O–H groups in total. The number of ether oxygens (including phenoxy) is 1. The quantitative estimate of drug-likeness (QED) is 0.450. The summed E-state index contributed by atoms with van der Waals surface area (Å²) in [6.07, 6.45) is 2.28. The fraction of sp³-hybridized carbons (Fsp3) is 0.600. The van der Waals surface area contributed by atoms with Gasteiger partial charge in [0.25, 0.3) is 0 Å². The molecule has 0 atom stereocenters. The third-order valence-electron chi connectivity index (χ3n) is 0.697. The zero-order chi connectivity index (χ0) is 9.54. The van der Waals surface area contributed by atoms with Crippen LogP contribution in [0.5, 0.6) is 0 Å². The molecule has 0 fully saturated rings. The molecule has 68 valence electrons. The summed E-state index contributed by atoms with van der Waals surface area (Å²) in [4.78, 5) is 0. The first-order chi connectivity index (χ1) is 5.41.